The van der Waals surface area contributed by atoms with Crippen molar-refractivity contribution in [1.29, 1.82) is 0 Å². The Hall–Kier alpha value is -3.12. The first kappa shape index (κ1) is 19.2. The monoisotopic (exact) mass is 407 g/mol. The lowest BCUT2D eigenvalue weighted by molar-refractivity contribution is 0.208. The number of aromatic nitrogens is 2. The number of rotatable bonds is 3. The minimum Gasteiger partial charge on any atom is -0.353 e. The second kappa shape index (κ2) is 8.49. The first-order valence-corrected chi connectivity index (χ1v) is 9.92. The van der Waals surface area contributed by atoms with Gasteiger partial charge in [0.2, 0.25) is 0 Å². The van der Waals surface area contributed by atoms with Crippen LogP contribution >= 0.6 is 11.6 Å². The highest BCUT2D eigenvalue weighted by Crippen LogP contribution is 2.22. The molecule has 0 aliphatic carbocycles. The molecule has 3 aromatic rings. The number of benzene rings is 2. The molecule has 2 heterocycles. The van der Waals surface area contributed by atoms with E-state index in [4.69, 9.17) is 11.6 Å². The molecule has 29 heavy (non-hydrogen) atoms. The SMILES string of the molecule is Cc1ccc(NC(=O)N2CCN(c3cc(-c4ccccc4)ncn3)CC2)cc1Cl. The second-order valence-electron chi connectivity index (χ2n) is 7.00. The third kappa shape index (κ3) is 4.49. The van der Waals surface area contributed by atoms with E-state index < -0.39 is 0 Å². The summed E-state index contributed by atoms with van der Waals surface area (Å²) < 4.78 is 0. The Bertz CT molecular complexity index is 1000. The molecule has 1 aliphatic rings. The molecule has 1 aromatic heterocycles. The van der Waals surface area contributed by atoms with Gasteiger partial charge in [0.15, 0.2) is 0 Å². The van der Waals surface area contributed by atoms with Crippen LogP contribution in [0.15, 0.2) is 60.9 Å². The largest absolute Gasteiger partial charge is 0.353 e. The van der Waals surface area contributed by atoms with Crippen LogP contribution in [0.25, 0.3) is 11.3 Å². The number of piperazine rings is 1. The Morgan fingerprint density at radius 2 is 1.76 bits per heavy atom. The number of carbonyl (C=O) groups excluding carboxylic acids is 1. The van der Waals surface area contributed by atoms with Gasteiger partial charge in [-0.2, -0.15) is 0 Å². The van der Waals surface area contributed by atoms with Gasteiger partial charge in [0.25, 0.3) is 0 Å². The minimum atomic E-state index is -0.114. The molecule has 2 aromatic carbocycles. The van der Waals surface area contributed by atoms with Gasteiger partial charge in [-0.05, 0) is 24.6 Å². The molecule has 0 radical (unpaired) electrons. The average Bonchev–Trinajstić information content (AvgIpc) is 2.77. The van der Waals surface area contributed by atoms with Gasteiger partial charge >= 0.3 is 6.03 Å². The van der Waals surface area contributed by atoms with Crippen LogP contribution in [0.5, 0.6) is 0 Å². The molecule has 6 nitrogen and oxygen atoms in total. The molecule has 0 atom stereocenters. The number of nitrogens with one attached hydrogen (secondary N) is 1. The standard InChI is InChI=1S/C22H22ClN5O/c1-16-7-8-18(13-19(16)23)26-22(29)28-11-9-27(10-12-28)21-14-20(24-15-25-21)17-5-3-2-4-6-17/h2-8,13-15H,9-12H2,1H3,(H,26,29). The number of hydrogen-bond acceptors (Lipinski definition) is 4. The van der Waals surface area contributed by atoms with Crippen LogP contribution in [-0.2, 0) is 0 Å². The smallest absolute Gasteiger partial charge is 0.321 e. The van der Waals surface area contributed by atoms with E-state index in [2.05, 4.69) is 20.2 Å². The summed E-state index contributed by atoms with van der Waals surface area (Å²) in [6.07, 6.45) is 1.60. The number of hydrogen-bond donors (Lipinski definition) is 1. The maximum Gasteiger partial charge on any atom is 0.321 e. The lowest BCUT2D eigenvalue weighted by Gasteiger charge is -2.35. The summed E-state index contributed by atoms with van der Waals surface area (Å²) in [5, 5.41) is 3.57. The summed E-state index contributed by atoms with van der Waals surface area (Å²) in [6.45, 7) is 4.61. The van der Waals surface area contributed by atoms with Crippen molar-refractivity contribution >= 4 is 29.1 Å². The van der Waals surface area contributed by atoms with Crippen molar-refractivity contribution in [1.82, 2.24) is 14.9 Å². The predicted octanol–water partition coefficient (Wildman–Crippen LogP) is 4.46. The van der Waals surface area contributed by atoms with Crippen molar-refractivity contribution in [2.75, 3.05) is 36.4 Å². The quantitative estimate of drug-likeness (QED) is 0.696. The van der Waals surface area contributed by atoms with Gasteiger partial charge in [0.1, 0.15) is 12.1 Å². The summed E-state index contributed by atoms with van der Waals surface area (Å²) >= 11 is 6.14. The Morgan fingerprint density at radius 1 is 1.00 bits per heavy atom. The van der Waals surface area contributed by atoms with Crippen LogP contribution in [0.2, 0.25) is 5.02 Å². The van der Waals surface area contributed by atoms with Crippen LogP contribution in [-0.4, -0.2) is 47.1 Å². The Morgan fingerprint density at radius 3 is 2.48 bits per heavy atom. The molecule has 1 aliphatic heterocycles. The zero-order valence-electron chi connectivity index (χ0n) is 16.2. The summed E-state index contributed by atoms with van der Waals surface area (Å²) in [5.74, 6) is 0.879. The third-order valence-corrected chi connectivity index (χ3v) is 5.44. The van der Waals surface area contributed by atoms with E-state index in [0.29, 0.717) is 36.9 Å². The third-order valence-electron chi connectivity index (χ3n) is 5.04. The fraction of sp³-hybridized carbons (Fsp3) is 0.227. The highest BCUT2D eigenvalue weighted by atomic mass is 35.5. The molecule has 2 amide bonds. The van der Waals surface area contributed by atoms with E-state index >= 15 is 0 Å². The number of aryl methyl sites for hydroxylation is 1. The zero-order valence-corrected chi connectivity index (χ0v) is 16.9. The maximum absolute atomic E-state index is 12.6. The van der Waals surface area contributed by atoms with E-state index in [1.807, 2.05) is 60.4 Å². The number of nitrogens with zero attached hydrogens (tertiary/aromatic N) is 4. The summed E-state index contributed by atoms with van der Waals surface area (Å²) in [4.78, 5) is 25.4. The number of amides is 2. The molecule has 4 rings (SSSR count). The molecule has 148 valence electrons. The predicted molar refractivity (Wildman–Crippen MR) is 116 cm³/mol. The van der Waals surface area contributed by atoms with Crippen LogP contribution in [0.4, 0.5) is 16.3 Å². The highest BCUT2D eigenvalue weighted by molar-refractivity contribution is 6.31. The highest BCUT2D eigenvalue weighted by Gasteiger charge is 2.22. The van der Waals surface area contributed by atoms with Gasteiger partial charge < -0.3 is 15.1 Å². The Balaban J connectivity index is 1.38. The Kier molecular flexibility index (Phi) is 5.62. The molecule has 1 N–H and O–H groups in total. The normalized spacial score (nSPS) is 14.0. The van der Waals surface area contributed by atoms with Crippen LogP contribution in [0.1, 0.15) is 5.56 Å². The number of carbonyl (C=O) groups is 1. The molecule has 7 heteroatoms. The zero-order chi connectivity index (χ0) is 20.2. The lowest BCUT2D eigenvalue weighted by atomic mass is 10.1. The molecule has 0 unspecified atom stereocenters. The minimum absolute atomic E-state index is 0.114. The van der Waals surface area contributed by atoms with Crippen LogP contribution in [0.3, 0.4) is 0 Å². The molecule has 0 spiro atoms. The molecule has 0 bridgehead atoms. The van der Waals surface area contributed by atoms with E-state index in [0.717, 1.165) is 22.6 Å². The lowest BCUT2D eigenvalue weighted by Crippen LogP contribution is -2.50. The van der Waals surface area contributed by atoms with E-state index in [1.165, 1.54) is 0 Å². The van der Waals surface area contributed by atoms with Gasteiger partial charge in [-0.15, -0.1) is 0 Å². The summed E-state index contributed by atoms with van der Waals surface area (Å²) in [5.41, 5.74) is 3.65. The van der Waals surface area contributed by atoms with Gasteiger partial charge in [-0.25, -0.2) is 14.8 Å². The second-order valence-corrected chi connectivity index (χ2v) is 7.40. The molecule has 0 saturated carbocycles. The van der Waals surface area contributed by atoms with Gasteiger partial charge in [0, 0.05) is 48.5 Å². The first-order valence-electron chi connectivity index (χ1n) is 9.54. The topological polar surface area (TPSA) is 61.4 Å². The van der Waals surface area contributed by atoms with Crippen LogP contribution < -0.4 is 10.2 Å². The number of halogens is 1. The van der Waals surface area contributed by atoms with Crippen molar-refractivity contribution in [3.05, 3.63) is 71.5 Å². The Labute approximate surface area is 175 Å². The average molecular weight is 408 g/mol. The maximum atomic E-state index is 12.6. The van der Waals surface area contributed by atoms with Gasteiger partial charge in [0.05, 0.1) is 5.69 Å². The number of anilines is 2. The summed E-state index contributed by atoms with van der Waals surface area (Å²) in [6, 6.07) is 17.5. The summed E-state index contributed by atoms with van der Waals surface area (Å²) in [7, 11) is 0. The van der Waals surface area contributed by atoms with E-state index in [9.17, 15) is 4.79 Å². The van der Waals surface area contributed by atoms with Crippen molar-refractivity contribution < 1.29 is 4.79 Å². The number of urea groups is 1. The fourth-order valence-corrected chi connectivity index (χ4v) is 3.48. The van der Waals surface area contributed by atoms with Crippen molar-refractivity contribution in [3.63, 3.8) is 0 Å². The van der Waals surface area contributed by atoms with Gasteiger partial charge in [-0.1, -0.05) is 48.0 Å². The first-order chi connectivity index (χ1) is 14.1. The van der Waals surface area contributed by atoms with Crippen molar-refractivity contribution in [2.24, 2.45) is 0 Å². The molecule has 1 fully saturated rings. The van der Waals surface area contributed by atoms with E-state index in [1.54, 1.807) is 12.4 Å². The van der Waals surface area contributed by atoms with Crippen molar-refractivity contribution in [2.45, 2.75) is 6.92 Å². The van der Waals surface area contributed by atoms with Crippen LogP contribution in [0, 0.1) is 6.92 Å². The molecule has 1 saturated heterocycles. The van der Waals surface area contributed by atoms with Crippen molar-refractivity contribution in [3.8, 4) is 11.3 Å². The van der Waals surface area contributed by atoms with E-state index in [-0.39, 0.29) is 6.03 Å². The molecular weight excluding hydrogens is 386 g/mol. The van der Waals surface area contributed by atoms with Gasteiger partial charge in [-0.3, -0.25) is 0 Å². The molecular formula is C22H22ClN5O. The fourth-order valence-electron chi connectivity index (χ4n) is 3.30.